The Morgan fingerprint density at radius 1 is 0.556 bits per heavy atom. The van der Waals surface area contributed by atoms with Crippen molar-refractivity contribution in [3.63, 3.8) is 0 Å². The third-order valence-electron chi connectivity index (χ3n) is 5.06. The van der Waals surface area contributed by atoms with Gasteiger partial charge in [0, 0.05) is 0 Å². The molecule has 0 saturated carbocycles. The van der Waals surface area contributed by atoms with Gasteiger partial charge in [0.05, 0.1) is 21.3 Å². The van der Waals surface area contributed by atoms with Gasteiger partial charge in [0.25, 0.3) is 0 Å². The Bertz CT molecular complexity index is 1140. The lowest BCUT2D eigenvalue weighted by Gasteiger charge is -2.19. The molecular weight excluding hydrogens is 468 g/mol. The summed E-state index contributed by atoms with van der Waals surface area (Å²) in [5.74, 6) is -1.17. The molecule has 0 aliphatic rings. The molecule has 0 amide bonds. The Kier molecular flexibility index (Phi) is 9.27. The molecule has 9 heteroatoms. The van der Waals surface area contributed by atoms with E-state index in [9.17, 15) is 14.4 Å². The van der Waals surface area contributed by atoms with Gasteiger partial charge in [-0.25, -0.2) is 14.4 Å². The van der Waals surface area contributed by atoms with E-state index in [0.29, 0.717) is 17.2 Å². The first-order valence-electron chi connectivity index (χ1n) is 10.9. The van der Waals surface area contributed by atoms with Crippen LogP contribution in [0.4, 0.5) is 0 Å². The zero-order valence-corrected chi connectivity index (χ0v) is 20.1. The maximum atomic E-state index is 12.8. The summed E-state index contributed by atoms with van der Waals surface area (Å²) in [6.45, 7) is -0.756. The zero-order valence-electron chi connectivity index (χ0n) is 20.1. The maximum Gasteiger partial charge on any atom is 0.342 e. The number of esters is 3. The highest BCUT2D eigenvalue weighted by atomic mass is 16.6. The lowest BCUT2D eigenvalue weighted by atomic mass is 10.2. The van der Waals surface area contributed by atoms with Crippen LogP contribution in [0.2, 0.25) is 0 Å². The van der Waals surface area contributed by atoms with Crippen molar-refractivity contribution >= 4 is 17.9 Å². The fourth-order valence-corrected chi connectivity index (χ4v) is 3.26. The standard InChI is InChI=1S/C27H26O9/c1-31-22-13-7-4-10-19(22)25(28)34-16-18(36-27(30)21-12-6-9-15-24(21)33-3)17-35-26(29)20-11-5-8-14-23(20)32-2/h4-15,18H,16-17H2,1-3H3. The summed E-state index contributed by atoms with van der Waals surface area (Å²) in [5, 5.41) is 0. The van der Waals surface area contributed by atoms with Crippen molar-refractivity contribution in [3.8, 4) is 17.2 Å². The van der Waals surface area contributed by atoms with Crippen molar-refractivity contribution < 1.29 is 42.8 Å². The Morgan fingerprint density at radius 2 is 0.889 bits per heavy atom. The van der Waals surface area contributed by atoms with Gasteiger partial charge in [-0.15, -0.1) is 0 Å². The normalized spacial score (nSPS) is 10.3. The fraction of sp³-hybridized carbons (Fsp3) is 0.222. The number of hydrogen-bond acceptors (Lipinski definition) is 9. The summed E-state index contributed by atoms with van der Waals surface area (Å²) in [6, 6.07) is 19.5. The van der Waals surface area contributed by atoms with E-state index in [1.165, 1.54) is 27.4 Å². The zero-order chi connectivity index (χ0) is 25.9. The van der Waals surface area contributed by atoms with Crippen molar-refractivity contribution in [1.82, 2.24) is 0 Å². The molecule has 0 fully saturated rings. The smallest absolute Gasteiger partial charge is 0.342 e. The summed E-state index contributed by atoms with van der Waals surface area (Å²) >= 11 is 0. The molecule has 0 unspecified atom stereocenters. The molecule has 3 aromatic carbocycles. The fourth-order valence-electron chi connectivity index (χ4n) is 3.26. The van der Waals surface area contributed by atoms with E-state index >= 15 is 0 Å². The molecule has 0 spiro atoms. The Morgan fingerprint density at radius 3 is 1.25 bits per heavy atom. The average Bonchev–Trinajstić information content (AvgIpc) is 2.93. The second-order valence-corrected chi connectivity index (χ2v) is 7.33. The number of methoxy groups -OCH3 is 3. The van der Waals surface area contributed by atoms with E-state index in [2.05, 4.69) is 0 Å². The monoisotopic (exact) mass is 494 g/mol. The van der Waals surface area contributed by atoms with Gasteiger partial charge >= 0.3 is 17.9 Å². The molecule has 0 radical (unpaired) electrons. The van der Waals surface area contributed by atoms with Crippen LogP contribution in [0.25, 0.3) is 0 Å². The van der Waals surface area contributed by atoms with Gasteiger partial charge < -0.3 is 28.4 Å². The van der Waals surface area contributed by atoms with E-state index in [4.69, 9.17) is 28.4 Å². The van der Waals surface area contributed by atoms with E-state index in [-0.39, 0.29) is 29.9 Å². The molecule has 0 atom stereocenters. The Hall–Kier alpha value is -4.53. The summed E-state index contributed by atoms with van der Waals surface area (Å²) in [4.78, 5) is 38.1. The quantitative estimate of drug-likeness (QED) is 0.289. The second-order valence-electron chi connectivity index (χ2n) is 7.33. The maximum absolute atomic E-state index is 12.8. The molecule has 0 bridgehead atoms. The summed E-state index contributed by atoms with van der Waals surface area (Å²) in [5.41, 5.74) is 0.554. The number of benzene rings is 3. The SMILES string of the molecule is COc1ccccc1C(=O)OCC(COC(=O)c1ccccc1OC)OC(=O)c1ccccc1OC. The molecule has 0 N–H and O–H groups in total. The Labute approximate surface area is 208 Å². The van der Waals surface area contributed by atoms with Gasteiger partial charge in [0.2, 0.25) is 0 Å². The van der Waals surface area contributed by atoms with Gasteiger partial charge in [-0.05, 0) is 36.4 Å². The van der Waals surface area contributed by atoms with E-state index in [0.717, 1.165) is 0 Å². The van der Waals surface area contributed by atoms with Crippen LogP contribution >= 0.6 is 0 Å². The lowest BCUT2D eigenvalue weighted by molar-refractivity contribution is -0.0256. The van der Waals surface area contributed by atoms with Crippen LogP contribution in [0.1, 0.15) is 31.1 Å². The average molecular weight is 494 g/mol. The molecule has 9 nitrogen and oxygen atoms in total. The topological polar surface area (TPSA) is 107 Å². The lowest BCUT2D eigenvalue weighted by Crippen LogP contribution is -2.31. The molecule has 0 aliphatic carbocycles. The number of ether oxygens (including phenoxy) is 6. The van der Waals surface area contributed by atoms with E-state index in [1.54, 1.807) is 66.7 Å². The highest BCUT2D eigenvalue weighted by Gasteiger charge is 2.24. The molecule has 0 heterocycles. The molecule has 188 valence electrons. The molecule has 0 aliphatic heterocycles. The van der Waals surface area contributed by atoms with E-state index < -0.39 is 24.0 Å². The van der Waals surface area contributed by atoms with Gasteiger partial charge in [0.1, 0.15) is 47.2 Å². The van der Waals surface area contributed by atoms with Gasteiger partial charge in [-0.2, -0.15) is 0 Å². The van der Waals surface area contributed by atoms with Crippen LogP contribution in [0.5, 0.6) is 17.2 Å². The summed E-state index contributed by atoms with van der Waals surface area (Å²) in [7, 11) is 4.29. The molecule has 0 aromatic heterocycles. The Balaban J connectivity index is 1.75. The van der Waals surface area contributed by atoms with Crippen LogP contribution in [0.15, 0.2) is 72.8 Å². The molecule has 0 saturated heterocycles. The third-order valence-corrected chi connectivity index (χ3v) is 5.06. The first-order chi connectivity index (χ1) is 17.5. The highest BCUT2D eigenvalue weighted by Crippen LogP contribution is 2.22. The number of carbonyl (C=O) groups excluding carboxylic acids is 3. The minimum atomic E-state index is -1.11. The van der Waals surface area contributed by atoms with Gasteiger partial charge in [-0.1, -0.05) is 36.4 Å². The molecular formula is C27H26O9. The van der Waals surface area contributed by atoms with Crippen LogP contribution < -0.4 is 14.2 Å². The first-order valence-corrected chi connectivity index (χ1v) is 10.9. The number of carbonyl (C=O) groups is 3. The third kappa shape index (κ3) is 6.53. The first kappa shape index (κ1) is 26.1. The highest BCUT2D eigenvalue weighted by molar-refractivity contribution is 5.94. The molecule has 3 aromatic rings. The van der Waals surface area contributed by atoms with Crippen LogP contribution in [-0.2, 0) is 14.2 Å². The van der Waals surface area contributed by atoms with E-state index in [1.807, 2.05) is 0 Å². The van der Waals surface area contributed by atoms with Crippen LogP contribution in [-0.4, -0.2) is 58.6 Å². The number of hydrogen-bond donors (Lipinski definition) is 0. The van der Waals surface area contributed by atoms with Crippen molar-refractivity contribution in [3.05, 3.63) is 89.5 Å². The van der Waals surface area contributed by atoms with Crippen molar-refractivity contribution in [2.45, 2.75) is 6.10 Å². The predicted molar refractivity (Wildman–Crippen MR) is 129 cm³/mol. The summed E-state index contributed by atoms with van der Waals surface area (Å²) < 4.78 is 31.9. The number of rotatable bonds is 11. The van der Waals surface area contributed by atoms with Crippen LogP contribution in [0, 0.1) is 0 Å². The molecule has 3 rings (SSSR count). The largest absolute Gasteiger partial charge is 0.496 e. The van der Waals surface area contributed by atoms with Crippen molar-refractivity contribution in [2.75, 3.05) is 34.5 Å². The second kappa shape index (κ2) is 12.8. The van der Waals surface area contributed by atoms with Crippen LogP contribution in [0.3, 0.4) is 0 Å². The minimum absolute atomic E-state index is 0.164. The summed E-state index contributed by atoms with van der Waals surface area (Å²) in [6.07, 6.45) is -1.11. The van der Waals surface area contributed by atoms with Gasteiger partial charge in [0.15, 0.2) is 6.10 Å². The van der Waals surface area contributed by atoms with Crippen molar-refractivity contribution in [2.24, 2.45) is 0 Å². The minimum Gasteiger partial charge on any atom is -0.496 e. The number of para-hydroxylation sites is 3. The predicted octanol–water partition coefficient (Wildman–Crippen LogP) is 3.95. The van der Waals surface area contributed by atoms with Gasteiger partial charge in [-0.3, -0.25) is 0 Å². The van der Waals surface area contributed by atoms with Crippen molar-refractivity contribution in [1.29, 1.82) is 0 Å². The molecule has 36 heavy (non-hydrogen) atoms.